The molecule has 0 aliphatic rings. The standard InChI is InChI=1S/C14H17NO3/c1-10(2)13(14(17)18)15-12(16)9-8-11-6-4-3-5-7-11/h3-10,13H,1-2H3,(H,15,16)(H,17,18). The number of carboxylic acid groups (broad SMARTS) is 1. The largest absolute Gasteiger partial charge is 0.480 e. The Morgan fingerprint density at radius 2 is 1.83 bits per heavy atom. The molecular formula is C14H17NO3. The summed E-state index contributed by atoms with van der Waals surface area (Å²) in [6.45, 7) is 3.50. The van der Waals surface area contributed by atoms with Crippen molar-refractivity contribution in [3.63, 3.8) is 0 Å². The second-order valence-corrected chi connectivity index (χ2v) is 4.31. The van der Waals surface area contributed by atoms with Gasteiger partial charge in [0, 0.05) is 6.08 Å². The molecule has 4 heteroatoms. The van der Waals surface area contributed by atoms with Crippen LogP contribution in [0.2, 0.25) is 0 Å². The number of aliphatic carboxylic acids is 1. The minimum Gasteiger partial charge on any atom is -0.480 e. The van der Waals surface area contributed by atoms with Crippen molar-refractivity contribution in [3.8, 4) is 0 Å². The monoisotopic (exact) mass is 247 g/mol. The molecule has 0 bridgehead atoms. The van der Waals surface area contributed by atoms with E-state index in [1.165, 1.54) is 6.08 Å². The Balaban J connectivity index is 2.61. The van der Waals surface area contributed by atoms with E-state index in [0.717, 1.165) is 5.56 Å². The molecule has 18 heavy (non-hydrogen) atoms. The Morgan fingerprint density at radius 3 is 2.33 bits per heavy atom. The van der Waals surface area contributed by atoms with Gasteiger partial charge in [0.2, 0.25) is 5.91 Å². The molecule has 1 aromatic carbocycles. The highest BCUT2D eigenvalue weighted by Gasteiger charge is 2.22. The molecule has 0 spiro atoms. The highest BCUT2D eigenvalue weighted by molar-refractivity contribution is 5.94. The summed E-state index contributed by atoms with van der Waals surface area (Å²) < 4.78 is 0. The molecule has 0 saturated carbocycles. The van der Waals surface area contributed by atoms with Gasteiger partial charge in [-0.2, -0.15) is 0 Å². The maximum absolute atomic E-state index is 11.6. The third kappa shape index (κ3) is 4.41. The lowest BCUT2D eigenvalue weighted by molar-refractivity contribution is -0.142. The first-order chi connectivity index (χ1) is 8.50. The summed E-state index contributed by atoms with van der Waals surface area (Å²) in [6, 6.07) is 8.48. The molecule has 0 heterocycles. The van der Waals surface area contributed by atoms with Crippen molar-refractivity contribution in [2.75, 3.05) is 0 Å². The zero-order valence-corrected chi connectivity index (χ0v) is 10.5. The lowest BCUT2D eigenvalue weighted by atomic mass is 10.0. The first kappa shape index (κ1) is 14.0. The summed E-state index contributed by atoms with van der Waals surface area (Å²) in [4.78, 5) is 22.5. The smallest absolute Gasteiger partial charge is 0.326 e. The van der Waals surface area contributed by atoms with Gasteiger partial charge >= 0.3 is 5.97 Å². The van der Waals surface area contributed by atoms with Crippen LogP contribution in [-0.2, 0) is 9.59 Å². The Hall–Kier alpha value is -2.10. The highest BCUT2D eigenvalue weighted by Crippen LogP contribution is 2.03. The van der Waals surface area contributed by atoms with E-state index in [-0.39, 0.29) is 5.92 Å². The Morgan fingerprint density at radius 1 is 1.22 bits per heavy atom. The van der Waals surface area contributed by atoms with Gasteiger partial charge in [0.15, 0.2) is 0 Å². The van der Waals surface area contributed by atoms with E-state index in [1.54, 1.807) is 19.9 Å². The Bertz CT molecular complexity index is 438. The minimum absolute atomic E-state index is 0.156. The predicted octanol–water partition coefficient (Wildman–Crippen LogP) is 1.93. The van der Waals surface area contributed by atoms with Crippen molar-refractivity contribution >= 4 is 18.0 Å². The zero-order valence-electron chi connectivity index (χ0n) is 10.5. The summed E-state index contributed by atoms with van der Waals surface area (Å²) in [5.41, 5.74) is 0.893. The number of carbonyl (C=O) groups excluding carboxylic acids is 1. The quantitative estimate of drug-likeness (QED) is 0.781. The van der Waals surface area contributed by atoms with Gasteiger partial charge in [-0.3, -0.25) is 4.79 Å². The van der Waals surface area contributed by atoms with Crippen LogP contribution in [0.25, 0.3) is 6.08 Å². The number of benzene rings is 1. The van der Waals surface area contributed by atoms with Crippen LogP contribution in [0.1, 0.15) is 19.4 Å². The van der Waals surface area contributed by atoms with Crippen molar-refractivity contribution in [2.24, 2.45) is 5.92 Å². The second kappa shape index (κ2) is 6.59. The molecule has 1 amide bonds. The zero-order chi connectivity index (χ0) is 13.5. The topological polar surface area (TPSA) is 66.4 Å². The molecule has 1 unspecified atom stereocenters. The molecule has 4 nitrogen and oxygen atoms in total. The molecule has 2 N–H and O–H groups in total. The summed E-state index contributed by atoms with van der Waals surface area (Å²) >= 11 is 0. The molecule has 1 atom stereocenters. The lowest BCUT2D eigenvalue weighted by Gasteiger charge is -2.16. The van der Waals surface area contributed by atoms with E-state index in [4.69, 9.17) is 5.11 Å². The molecule has 0 aromatic heterocycles. The van der Waals surface area contributed by atoms with Gasteiger partial charge in [-0.25, -0.2) is 4.79 Å². The lowest BCUT2D eigenvalue weighted by Crippen LogP contribution is -2.43. The van der Waals surface area contributed by atoms with E-state index in [9.17, 15) is 9.59 Å². The van der Waals surface area contributed by atoms with Gasteiger partial charge in [0.05, 0.1) is 0 Å². The van der Waals surface area contributed by atoms with Crippen molar-refractivity contribution in [1.82, 2.24) is 5.32 Å². The molecule has 0 saturated heterocycles. The maximum atomic E-state index is 11.6. The highest BCUT2D eigenvalue weighted by atomic mass is 16.4. The van der Waals surface area contributed by atoms with E-state index in [1.807, 2.05) is 30.3 Å². The number of carbonyl (C=O) groups is 2. The second-order valence-electron chi connectivity index (χ2n) is 4.31. The van der Waals surface area contributed by atoms with E-state index >= 15 is 0 Å². The van der Waals surface area contributed by atoms with Crippen LogP contribution in [0.3, 0.4) is 0 Å². The number of hydrogen-bond acceptors (Lipinski definition) is 2. The van der Waals surface area contributed by atoms with E-state index < -0.39 is 17.9 Å². The van der Waals surface area contributed by atoms with Crippen LogP contribution in [0.5, 0.6) is 0 Å². The van der Waals surface area contributed by atoms with Crippen LogP contribution in [0.4, 0.5) is 0 Å². The summed E-state index contributed by atoms with van der Waals surface area (Å²) in [5.74, 6) is -1.58. The van der Waals surface area contributed by atoms with Crippen LogP contribution in [-0.4, -0.2) is 23.0 Å². The van der Waals surface area contributed by atoms with Gasteiger partial charge < -0.3 is 10.4 Å². The van der Waals surface area contributed by atoms with Gasteiger partial charge in [-0.1, -0.05) is 44.2 Å². The number of amides is 1. The van der Waals surface area contributed by atoms with E-state index in [2.05, 4.69) is 5.32 Å². The molecular weight excluding hydrogens is 230 g/mol. The first-order valence-corrected chi connectivity index (χ1v) is 5.77. The third-order valence-electron chi connectivity index (χ3n) is 2.46. The van der Waals surface area contributed by atoms with E-state index in [0.29, 0.717) is 0 Å². The maximum Gasteiger partial charge on any atom is 0.326 e. The minimum atomic E-state index is -1.02. The fourth-order valence-electron chi connectivity index (χ4n) is 1.45. The number of nitrogens with one attached hydrogen (secondary N) is 1. The van der Waals surface area contributed by atoms with Crippen molar-refractivity contribution < 1.29 is 14.7 Å². The Labute approximate surface area is 106 Å². The predicted molar refractivity (Wildman–Crippen MR) is 69.9 cm³/mol. The summed E-state index contributed by atoms with van der Waals surface area (Å²) in [6.07, 6.45) is 2.99. The number of carboxylic acids is 1. The van der Waals surface area contributed by atoms with Gasteiger partial charge in [0.1, 0.15) is 6.04 Å². The van der Waals surface area contributed by atoms with Gasteiger partial charge in [-0.05, 0) is 17.6 Å². The van der Waals surface area contributed by atoms with Crippen LogP contribution in [0.15, 0.2) is 36.4 Å². The molecule has 0 fully saturated rings. The van der Waals surface area contributed by atoms with Gasteiger partial charge in [-0.15, -0.1) is 0 Å². The Kier molecular flexibility index (Phi) is 5.11. The SMILES string of the molecule is CC(C)C(NC(=O)C=Cc1ccccc1)C(=O)O. The number of hydrogen-bond donors (Lipinski definition) is 2. The normalized spacial score (nSPS) is 12.6. The molecule has 96 valence electrons. The van der Waals surface area contributed by atoms with Crippen molar-refractivity contribution in [1.29, 1.82) is 0 Å². The fraction of sp³-hybridized carbons (Fsp3) is 0.286. The molecule has 0 radical (unpaired) electrons. The first-order valence-electron chi connectivity index (χ1n) is 5.77. The fourth-order valence-corrected chi connectivity index (χ4v) is 1.45. The average Bonchev–Trinajstić information content (AvgIpc) is 2.34. The van der Waals surface area contributed by atoms with Crippen LogP contribution >= 0.6 is 0 Å². The summed E-state index contributed by atoms with van der Waals surface area (Å²) in [7, 11) is 0. The van der Waals surface area contributed by atoms with Crippen LogP contribution in [0, 0.1) is 5.92 Å². The summed E-state index contributed by atoms with van der Waals surface area (Å²) in [5, 5.41) is 11.4. The van der Waals surface area contributed by atoms with Crippen LogP contribution < -0.4 is 5.32 Å². The average molecular weight is 247 g/mol. The molecule has 0 aliphatic carbocycles. The molecule has 0 aliphatic heterocycles. The molecule has 1 aromatic rings. The third-order valence-corrected chi connectivity index (χ3v) is 2.46. The van der Waals surface area contributed by atoms with Crippen molar-refractivity contribution in [3.05, 3.63) is 42.0 Å². The van der Waals surface area contributed by atoms with Gasteiger partial charge in [0.25, 0.3) is 0 Å². The molecule has 1 rings (SSSR count). The number of rotatable bonds is 5. The van der Waals surface area contributed by atoms with Crippen molar-refractivity contribution in [2.45, 2.75) is 19.9 Å².